The normalized spacial score (nSPS) is 10.4. The first kappa shape index (κ1) is 12.3. The van der Waals surface area contributed by atoms with Gasteiger partial charge < -0.3 is 9.13 Å². The van der Waals surface area contributed by atoms with E-state index >= 15 is 0 Å². The molecule has 0 atom stereocenters. The van der Waals surface area contributed by atoms with Gasteiger partial charge in [0.1, 0.15) is 0 Å². The highest BCUT2D eigenvalue weighted by atomic mass is 79.9. The van der Waals surface area contributed by atoms with Crippen molar-refractivity contribution in [3.05, 3.63) is 27.8 Å². The minimum atomic E-state index is 0. The number of aromatic nitrogens is 2. The summed E-state index contributed by atoms with van der Waals surface area (Å²) >= 11 is 3.47. The third kappa shape index (κ3) is 1.72. The Kier molecular flexibility index (Phi) is 3.31. The second-order valence-electron chi connectivity index (χ2n) is 3.53. The number of fused-ring (bicyclic) bond motifs is 1. The summed E-state index contributed by atoms with van der Waals surface area (Å²) in [6, 6.07) is 4.11. The molecule has 15 heavy (non-hydrogen) atoms. The van der Waals surface area contributed by atoms with E-state index in [9.17, 15) is 0 Å². The molecule has 0 unspecified atom stereocenters. The molecule has 0 amide bonds. The number of rotatable bonds is 0. The third-order valence-electron chi connectivity index (χ3n) is 2.58. The first-order valence-corrected chi connectivity index (χ1v) is 5.18. The lowest BCUT2D eigenvalue weighted by molar-refractivity contribution is 0.742. The molecule has 3 nitrogen and oxygen atoms in total. The van der Waals surface area contributed by atoms with Crippen molar-refractivity contribution < 1.29 is 0 Å². The van der Waals surface area contributed by atoms with Crippen LogP contribution >= 0.6 is 28.3 Å². The van der Waals surface area contributed by atoms with Crippen LogP contribution < -0.4 is 5.62 Å². The Bertz CT molecular complexity index is 568. The molecule has 0 radical (unpaired) electrons. The van der Waals surface area contributed by atoms with Crippen LogP contribution in [0.4, 0.5) is 0 Å². The van der Waals surface area contributed by atoms with E-state index in [1.807, 2.05) is 29.3 Å². The van der Waals surface area contributed by atoms with Crippen LogP contribution in [0.15, 0.2) is 16.6 Å². The van der Waals surface area contributed by atoms with Gasteiger partial charge >= 0.3 is 0 Å². The van der Waals surface area contributed by atoms with Gasteiger partial charge in [-0.1, -0.05) is 15.9 Å². The Morgan fingerprint density at radius 2 is 1.80 bits per heavy atom. The number of hydrogen-bond donors (Lipinski definition) is 1. The van der Waals surface area contributed by atoms with Crippen LogP contribution in [0.5, 0.6) is 0 Å². The van der Waals surface area contributed by atoms with Crippen LogP contribution in [0.2, 0.25) is 0 Å². The zero-order valence-electron chi connectivity index (χ0n) is 8.84. The Morgan fingerprint density at radius 3 is 2.40 bits per heavy atom. The van der Waals surface area contributed by atoms with Crippen molar-refractivity contribution in [2.75, 3.05) is 0 Å². The van der Waals surface area contributed by atoms with E-state index in [4.69, 9.17) is 5.41 Å². The molecule has 0 aliphatic carbocycles. The molecule has 1 aromatic carbocycles. The maximum Gasteiger partial charge on any atom is 0.202 e. The van der Waals surface area contributed by atoms with Crippen molar-refractivity contribution in [2.45, 2.75) is 6.92 Å². The molecule has 0 spiro atoms. The van der Waals surface area contributed by atoms with Gasteiger partial charge in [0, 0.05) is 18.6 Å². The number of nitrogens with one attached hydrogen (secondary N) is 1. The van der Waals surface area contributed by atoms with E-state index in [-0.39, 0.29) is 12.4 Å². The van der Waals surface area contributed by atoms with E-state index in [1.165, 1.54) is 5.56 Å². The molecule has 5 heteroatoms. The van der Waals surface area contributed by atoms with Crippen LogP contribution in [0.3, 0.4) is 0 Å². The van der Waals surface area contributed by atoms with Crippen LogP contribution in [-0.4, -0.2) is 9.13 Å². The summed E-state index contributed by atoms with van der Waals surface area (Å²) in [5.41, 5.74) is 3.91. The first-order valence-electron chi connectivity index (χ1n) is 4.38. The van der Waals surface area contributed by atoms with E-state index in [0.717, 1.165) is 15.5 Å². The van der Waals surface area contributed by atoms with Gasteiger partial charge in [0.25, 0.3) is 0 Å². The van der Waals surface area contributed by atoms with Gasteiger partial charge in [0.05, 0.1) is 11.0 Å². The lowest BCUT2D eigenvalue weighted by atomic mass is 10.2. The fraction of sp³-hybridized carbons (Fsp3) is 0.300. The molecule has 0 aliphatic rings. The van der Waals surface area contributed by atoms with Gasteiger partial charge in [-0.25, -0.2) is 0 Å². The van der Waals surface area contributed by atoms with Gasteiger partial charge in [-0.2, -0.15) is 0 Å². The first-order chi connectivity index (χ1) is 6.52. The molecule has 1 heterocycles. The number of halogens is 2. The Morgan fingerprint density at radius 1 is 1.20 bits per heavy atom. The van der Waals surface area contributed by atoms with Gasteiger partial charge in [-0.05, 0) is 24.6 Å². The molecule has 82 valence electrons. The minimum Gasteiger partial charge on any atom is -0.313 e. The lowest BCUT2D eigenvalue weighted by Gasteiger charge is -2.00. The fourth-order valence-corrected chi connectivity index (χ4v) is 2.42. The highest BCUT2D eigenvalue weighted by Gasteiger charge is 2.08. The molecule has 0 bridgehead atoms. The summed E-state index contributed by atoms with van der Waals surface area (Å²) in [7, 11) is 3.84. The molecular weight excluding hydrogens is 277 g/mol. The SMILES string of the molecule is Cc1cc(Br)cc2c1n(C)c(=N)n2C.Cl. The molecular formula is C10H13BrClN3. The number of aryl methyl sites for hydroxylation is 3. The largest absolute Gasteiger partial charge is 0.313 e. The van der Waals surface area contributed by atoms with E-state index in [1.54, 1.807) is 0 Å². The number of benzene rings is 1. The zero-order chi connectivity index (χ0) is 10.5. The van der Waals surface area contributed by atoms with Crippen molar-refractivity contribution in [1.29, 1.82) is 5.41 Å². The highest BCUT2D eigenvalue weighted by Crippen LogP contribution is 2.22. The molecule has 1 N–H and O–H groups in total. The maximum atomic E-state index is 7.85. The van der Waals surface area contributed by atoms with Gasteiger partial charge in [-0.3, -0.25) is 5.41 Å². The Labute approximate surface area is 103 Å². The van der Waals surface area contributed by atoms with E-state index < -0.39 is 0 Å². The third-order valence-corrected chi connectivity index (χ3v) is 3.04. The van der Waals surface area contributed by atoms with E-state index in [2.05, 4.69) is 28.9 Å². The van der Waals surface area contributed by atoms with Crippen molar-refractivity contribution >= 4 is 39.4 Å². The molecule has 0 fully saturated rings. The molecule has 0 saturated heterocycles. The van der Waals surface area contributed by atoms with Crippen molar-refractivity contribution in [1.82, 2.24) is 9.13 Å². The quantitative estimate of drug-likeness (QED) is 0.773. The van der Waals surface area contributed by atoms with Crippen molar-refractivity contribution in [3.63, 3.8) is 0 Å². The Hall–Kier alpha value is -0.740. The summed E-state index contributed by atoms with van der Waals surface area (Å²) in [5.74, 6) is 0. The number of hydrogen-bond acceptors (Lipinski definition) is 1. The standard InChI is InChI=1S/C10H12BrN3.ClH/c1-6-4-7(11)5-8-9(6)14(3)10(12)13(8)2;/h4-5,12H,1-3H3;1H. The average molecular weight is 291 g/mol. The minimum absolute atomic E-state index is 0. The summed E-state index contributed by atoms with van der Waals surface area (Å²) in [4.78, 5) is 0. The lowest BCUT2D eigenvalue weighted by Crippen LogP contribution is -2.19. The monoisotopic (exact) mass is 289 g/mol. The maximum absolute atomic E-state index is 7.85. The molecule has 2 rings (SSSR count). The summed E-state index contributed by atoms with van der Waals surface area (Å²) in [6.45, 7) is 2.06. The highest BCUT2D eigenvalue weighted by molar-refractivity contribution is 9.10. The zero-order valence-corrected chi connectivity index (χ0v) is 11.2. The fourth-order valence-electron chi connectivity index (χ4n) is 1.85. The van der Waals surface area contributed by atoms with Gasteiger partial charge in [0.15, 0.2) is 0 Å². The predicted molar refractivity (Wildman–Crippen MR) is 67.4 cm³/mol. The van der Waals surface area contributed by atoms with Crippen molar-refractivity contribution in [2.24, 2.45) is 14.1 Å². The number of nitrogens with zero attached hydrogens (tertiary/aromatic N) is 2. The molecule has 0 aliphatic heterocycles. The second-order valence-corrected chi connectivity index (χ2v) is 4.45. The van der Waals surface area contributed by atoms with Crippen molar-refractivity contribution in [3.8, 4) is 0 Å². The second kappa shape index (κ2) is 4.02. The summed E-state index contributed by atoms with van der Waals surface area (Å²) < 4.78 is 4.84. The van der Waals surface area contributed by atoms with Crippen LogP contribution in [0.1, 0.15) is 5.56 Å². The smallest absolute Gasteiger partial charge is 0.202 e. The van der Waals surface area contributed by atoms with Gasteiger partial charge in [0.2, 0.25) is 5.62 Å². The summed E-state index contributed by atoms with van der Waals surface area (Å²) in [5, 5.41) is 7.85. The average Bonchev–Trinajstić information content (AvgIpc) is 2.31. The summed E-state index contributed by atoms with van der Waals surface area (Å²) in [6.07, 6.45) is 0. The van der Waals surface area contributed by atoms with Gasteiger partial charge in [-0.15, -0.1) is 12.4 Å². The molecule has 0 saturated carbocycles. The molecule has 2 aromatic rings. The topological polar surface area (TPSA) is 33.7 Å². The molecule has 1 aromatic heterocycles. The van der Waals surface area contributed by atoms with Crippen LogP contribution in [0.25, 0.3) is 11.0 Å². The predicted octanol–water partition coefficient (Wildman–Crippen LogP) is 2.49. The van der Waals surface area contributed by atoms with Crippen LogP contribution in [0, 0.1) is 12.3 Å². The van der Waals surface area contributed by atoms with E-state index in [0.29, 0.717) is 5.62 Å². The van der Waals surface area contributed by atoms with Crippen LogP contribution in [-0.2, 0) is 14.1 Å². The Balaban J connectivity index is 0.00000112. The number of imidazole rings is 1.